The Labute approximate surface area is 126 Å². The van der Waals surface area contributed by atoms with Crippen LogP contribution in [0.25, 0.3) is 0 Å². The van der Waals surface area contributed by atoms with Crippen molar-refractivity contribution in [3.8, 4) is 0 Å². The summed E-state index contributed by atoms with van der Waals surface area (Å²) in [6.07, 6.45) is 0. The van der Waals surface area contributed by atoms with Gasteiger partial charge >= 0.3 is 25.7 Å². The highest BCUT2D eigenvalue weighted by molar-refractivity contribution is 7.06. The van der Waals surface area contributed by atoms with Gasteiger partial charge in [0.1, 0.15) is 0 Å². The lowest BCUT2D eigenvalue weighted by atomic mass is 10.9. The van der Waals surface area contributed by atoms with Crippen molar-refractivity contribution >= 4 is 25.7 Å². The molecule has 0 aromatic carbocycles. The maximum Gasteiger partial charge on any atom is 0.344 e. The Morgan fingerprint density at radius 1 is 0.500 bits per heavy atom. The van der Waals surface area contributed by atoms with E-state index >= 15 is 0 Å². The predicted octanol–water partition coefficient (Wildman–Crippen LogP) is 1.92. The highest BCUT2D eigenvalue weighted by atomic mass is 28.5. The average molecular weight is 343 g/mol. The van der Waals surface area contributed by atoms with Gasteiger partial charge in [-0.15, -0.1) is 0 Å². The molecule has 0 aromatic rings. The molecule has 0 saturated heterocycles. The van der Waals surface area contributed by atoms with Crippen LogP contribution in [-0.2, 0) is 26.6 Å². The molecule has 0 bridgehead atoms. The summed E-state index contributed by atoms with van der Waals surface area (Å²) in [6, 6.07) is 0. The molecule has 0 fully saturated rings. The van der Waals surface area contributed by atoms with Crippen molar-refractivity contribution in [3.63, 3.8) is 0 Å². The Kier molecular flexibility index (Phi) is 7.26. The quantitative estimate of drug-likeness (QED) is 0.597. The summed E-state index contributed by atoms with van der Waals surface area (Å²) < 4.78 is 34.4. The molecule has 122 valence electrons. The second kappa shape index (κ2) is 7.11. The number of hydrogen-bond donors (Lipinski definition) is 0. The first-order chi connectivity index (χ1) is 9.11. The van der Waals surface area contributed by atoms with Crippen molar-refractivity contribution in [3.05, 3.63) is 0 Å². The maximum atomic E-state index is 5.82. The number of rotatable bonds is 9. The molecule has 0 saturated carbocycles. The lowest BCUT2D eigenvalue weighted by Crippen LogP contribution is -2.74. The summed E-state index contributed by atoms with van der Waals surface area (Å²) in [5.41, 5.74) is 0. The fraction of sp³-hybridized carbons (Fsp3) is 1.00. The number of hydrogen-bond acceptors (Lipinski definition) is 6. The molecule has 0 heterocycles. The summed E-state index contributed by atoms with van der Waals surface area (Å²) in [5, 5.41) is 0. The molecule has 0 amide bonds. The first-order valence-corrected chi connectivity index (χ1v) is 13.4. The van der Waals surface area contributed by atoms with Crippen molar-refractivity contribution < 1.29 is 26.6 Å². The van der Waals surface area contributed by atoms with E-state index in [1.165, 1.54) is 0 Å². The Morgan fingerprint density at radius 3 is 0.750 bits per heavy atom. The zero-order chi connectivity index (χ0) is 16.2. The van der Waals surface area contributed by atoms with Gasteiger partial charge in [0.2, 0.25) is 0 Å². The van der Waals surface area contributed by atoms with Gasteiger partial charge in [-0.3, -0.25) is 0 Å². The van der Waals surface area contributed by atoms with Gasteiger partial charge in [0.25, 0.3) is 0 Å². The molecule has 6 nitrogen and oxygen atoms in total. The van der Waals surface area contributed by atoms with Gasteiger partial charge in [-0.25, -0.2) is 0 Å². The van der Waals surface area contributed by atoms with Crippen LogP contribution in [0.15, 0.2) is 0 Å². The topological polar surface area (TPSA) is 55.4 Å². The lowest BCUT2D eigenvalue weighted by molar-refractivity contribution is 0.169. The summed E-state index contributed by atoms with van der Waals surface area (Å²) in [7, 11) is 1.92. The second-order valence-electron chi connectivity index (χ2n) is 5.19. The average Bonchev–Trinajstić information content (AvgIpc) is 2.51. The summed E-state index contributed by atoms with van der Waals surface area (Å²) in [6.45, 7) is 8.06. The van der Waals surface area contributed by atoms with Gasteiger partial charge in [-0.2, -0.15) is 0 Å². The van der Waals surface area contributed by atoms with Crippen LogP contribution >= 0.6 is 0 Å². The van der Waals surface area contributed by atoms with Gasteiger partial charge in [0.15, 0.2) is 0 Å². The van der Waals surface area contributed by atoms with E-state index in [1.54, 1.807) is 42.7 Å². The van der Waals surface area contributed by atoms with Crippen LogP contribution in [0.3, 0.4) is 0 Å². The SMILES string of the molecule is CO[Si](C)(OC)C(C)([Si](C)(OC)OC)[Si](C)(OC)OC. The molecule has 0 atom stereocenters. The summed E-state index contributed by atoms with van der Waals surface area (Å²) in [4.78, 5) is 0. The highest BCUT2D eigenvalue weighted by Crippen LogP contribution is 2.54. The maximum absolute atomic E-state index is 5.82. The molecular weight excluding hydrogens is 312 g/mol. The molecule has 9 heteroatoms. The van der Waals surface area contributed by atoms with Crippen LogP contribution in [-0.4, -0.2) is 68.3 Å². The second-order valence-corrected chi connectivity index (χ2v) is 17.8. The fourth-order valence-corrected chi connectivity index (χ4v) is 19.2. The van der Waals surface area contributed by atoms with Crippen LogP contribution < -0.4 is 0 Å². The van der Waals surface area contributed by atoms with E-state index in [4.69, 9.17) is 26.6 Å². The minimum atomic E-state index is -2.68. The zero-order valence-electron chi connectivity index (χ0n) is 14.4. The summed E-state index contributed by atoms with van der Waals surface area (Å²) in [5.74, 6) is 0. The first-order valence-electron chi connectivity index (χ1n) is 6.42. The third-order valence-corrected chi connectivity index (χ3v) is 23.4. The van der Waals surface area contributed by atoms with Crippen molar-refractivity contribution in [1.29, 1.82) is 0 Å². The largest absolute Gasteiger partial charge is 0.398 e. The Hall–Kier alpha value is 0.411. The molecule has 0 spiro atoms. The Morgan fingerprint density at radius 2 is 0.650 bits per heavy atom. The van der Waals surface area contributed by atoms with E-state index < -0.39 is 30.0 Å². The molecule has 0 rings (SSSR count). The third kappa shape index (κ3) is 2.71. The van der Waals surface area contributed by atoms with E-state index in [-0.39, 0.29) is 0 Å². The standard InChI is InChI=1S/C11H30O6Si3/c1-11(18(8,12-2)13-3,19(9,14-4)15-5)20(10,16-6)17-7/h1-10H3. The molecule has 0 aliphatic carbocycles. The van der Waals surface area contributed by atoms with E-state index in [2.05, 4.69) is 6.92 Å². The van der Waals surface area contributed by atoms with Crippen LogP contribution in [0.4, 0.5) is 0 Å². The molecular formula is C11H30O6Si3. The smallest absolute Gasteiger partial charge is 0.344 e. The van der Waals surface area contributed by atoms with Crippen molar-refractivity contribution in [1.82, 2.24) is 0 Å². The van der Waals surface area contributed by atoms with E-state index in [1.807, 2.05) is 19.6 Å². The lowest BCUT2D eigenvalue weighted by Gasteiger charge is -2.54. The van der Waals surface area contributed by atoms with E-state index in [0.717, 1.165) is 0 Å². The highest BCUT2D eigenvalue weighted by Gasteiger charge is 2.75. The monoisotopic (exact) mass is 342 g/mol. The zero-order valence-corrected chi connectivity index (χ0v) is 17.4. The van der Waals surface area contributed by atoms with Crippen molar-refractivity contribution in [2.75, 3.05) is 42.7 Å². The van der Waals surface area contributed by atoms with Crippen LogP contribution in [0.2, 0.25) is 23.9 Å². The van der Waals surface area contributed by atoms with Gasteiger partial charge in [-0.1, -0.05) is 6.92 Å². The Balaban J connectivity index is 6.34. The van der Waals surface area contributed by atoms with Gasteiger partial charge in [-0.05, 0) is 19.6 Å². The third-order valence-electron chi connectivity index (χ3n) is 5.06. The van der Waals surface area contributed by atoms with E-state index in [0.29, 0.717) is 0 Å². The normalized spacial score (nSPS) is 14.7. The fourth-order valence-electron chi connectivity index (χ4n) is 2.71. The molecule has 0 aliphatic rings. The van der Waals surface area contributed by atoms with Crippen molar-refractivity contribution in [2.45, 2.75) is 30.8 Å². The molecule has 0 unspecified atom stereocenters. The van der Waals surface area contributed by atoms with Crippen LogP contribution in [0, 0.1) is 0 Å². The van der Waals surface area contributed by atoms with Gasteiger partial charge in [0, 0.05) is 42.7 Å². The van der Waals surface area contributed by atoms with Crippen LogP contribution in [0.1, 0.15) is 6.92 Å². The van der Waals surface area contributed by atoms with Crippen molar-refractivity contribution in [2.24, 2.45) is 0 Å². The van der Waals surface area contributed by atoms with E-state index in [9.17, 15) is 0 Å². The Bertz CT molecular complexity index is 257. The summed E-state index contributed by atoms with van der Waals surface area (Å²) >= 11 is 0. The van der Waals surface area contributed by atoms with Gasteiger partial charge in [0.05, 0.1) is 4.28 Å². The molecule has 20 heavy (non-hydrogen) atoms. The predicted molar refractivity (Wildman–Crippen MR) is 85.3 cm³/mol. The first kappa shape index (κ1) is 20.4. The molecule has 0 aromatic heterocycles. The molecule has 0 aliphatic heterocycles. The minimum Gasteiger partial charge on any atom is -0.398 e. The minimum absolute atomic E-state index is 0.552. The molecule has 0 N–H and O–H groups in total. The van der Waals surface area contributed by atoms with Gasteiger partial charge < -0.3 is 26.6 Å². The molecule has 0 radical (unpaired) electrons. The van der Waals surface area contributed by atoms with Crippen LogP contribution in [0.5, 0.6) is 0 Å².